The molecule has 14 heavy (non-hydrogen) atoms. The fourth-order valence-corrected chi connectivity index (χ4v) is 1.42. The van der Waals surface area contributed by atoms with Gasteiger partial charge in [-0.3, -0.25) is 9.59 Å². The van der Waals surface area contributed by atoms with Crippen LogP contribution in [0.25, 0.3) is 5.57 Å². The quantitative estimate of drug-likeness (QED) is 0.630. The van der Waals surface area contributed by atoms with E-state index in [-0.39, 0.29) is 5.91 Å². The van der Waals surface area contributed by atoms with Crippen LogP contribution < -0.4 is 11.1 Å². The molecule has 0 aromatic heterocycles. The Hall–Kier alpha value is -2.10. The third-order valence-corrected chi connectivity index (χ3v) is 2.00. The number of fused-ring (bicyclic) bond motifs is 1. The van der Waals surface area contributed by atoms with E-state index in [0.29, 0.717) is 11.3 Å². The first-order chi connectivity index (χ1) is 6.68. The van der Waals surface area contributed by atoms with Gasteiger partial charge >= 0.3 is 0 Å². The smallest absolute Gasteiger partial charge is 0.256 e. The van der Waals surface area contributed by atoms with Crippen molar-refractivity contribution in [3.63, 3.8) is 0 Å². The van der Waals surface area contributed by atoms with Crippen molar-refractivity contribution in [2.75, 3.05) is 5.32 Å². The Bertz CT molecular complexity index is 449. The highest BCUT2D eigenvalue weighted by molar-refractivity contribution is 6.33. The summed E-state index contributed by atoms with van der Waals surface area (Å²) in [6, 6.07) is 7.15. The van der Waals surface area contributed by atoms with Gasteiger partial charge in [-0.2, -0.15) is 0 Å². The topological polar surface area (TPSA) is 72.2 Å². The van der Waals surface area contributed by atoms with Crippen LogP contribution in [0.3, 0.4) is 0 Å². The van der Waals surface area contributed by atoms with Gasteiger partial charge in [-0.05, 0) is 6.07 Å². The van der Waals surface area contributed by atoms with Crippen LogP contribution in [0.5, 0.6) is 0 Å². The van der Waals surface area contributed by atoms with Gasteiger partial charge in [-0.1, -0.05) is 18.2 Å². The number of anilines is 1. The SMILES string of the molecule is NC(=O)/C=C1/C(=O)Nc2ccccc21. The molecule has 2 rings (SSSR count). The van der Waals surface area contributed by atoms with Gasteiger partial charge in [0.25, 0.3) is 5.91 Å². The molecule has 0 saturated carbocycles. The maximum absolute atomic E-state index is 11.4. The van der Waals surface area contributed by atoms with Crippen LogP contribution in [0.2, 0.25) is 0 Å². The number of carbonyl (C=O) groups excluding carboxylic acids is 2. The number of nitrogens with two attached hydrogens (primary N) is 1. The number of carbonyl (C=O) groups is 2. The Morgan fingerprint density at radius 2 is 2.07 bits per heavy atom. The summed E-state index contributed by atoms with van der Waals surface area (Å²) in [5.41, 5.74) is 6.76. The first-order valence-corrected chi connectivity index (χ1v) is 4.10. The molecule has 1 aliphatic heterocycles. The molecule has 4 heteroatoms. The van der Waals surface area contributed by atoms with Gasteiger partial charge < -0.3 is 11.1 Å². The molecule has 1 aromatic rings. The summed E-state index contributed by atoms with van der Waals surface area (Å²) >= 11 is 0. The number of rotatable bonds is 1. The molecule has 2 amide bonds. The highest BCUT2D eigenvalue weighted by atomic mass is 16.2. The molecule has 0 bridgehead atoms. The van der Waals surface area contributed by atoms with Gasteiger partial charge in [-0.15, -0.1) is 0 Å². The minimum absolute atomic E-state index is 0.287. The Balaban J connectivity index is 2.55. The molecular formula is C10H8N2O2. The van der Waals surface area contributed by atoms with Crippen molar-refractivity contribution in [2.45, 2.75) is 0 Å². The average Bonchev–Trinajstić information content (AvgIpc) is 2.43. The maximum Gasteiger partial charge on any atom is 0.256 e. The third kappa shape index (κ3) is 1.26. The molecule has 0 unspecified atom stereocenters. The van der Waals surface area contributed by atoms with E-state index in [1.165, 1.54) is 0 Å². The van der Waals surface area contributed by atoms with Crippen molar-refractivity contribution < 1.29 is 9.59 Å². The van der Waals surface area contributed by atoms with Gasteiger partial charge in [0.15, 0.2) is 0 Å². The monoisotopic (exact) mass is 188 g/mol. The molecule has 1 aliphatic rings. The fraction of sp³-hybridized carbons (Fsp3) is 0. The van der Waals surface area contributed by atoms with Crippen molar-refractivity contribution >= 4 is 23.1 Å². The van der Waals surface area contributed by atoms with E-state index >= 15 is 0 Å². The largest absolute Gasteiger partial charge is 0.366 e. The highest BCUT2D eigenvalue weighted by Crippen LogP contribution is 2.30. The number of nitrogens with one attached hydrogen (secondary N) is 1. The first kappa shape index (κ1) is 8.50. The number of primary amides is 1. The number of benzene rings is 1. The minimum Gasteiger partial charge on any atom is -0.366 e. The van der Waals surface area contributed by atoms with E-state index in [0.717, 1.165) is 11.6 Å². The number of hydrogen-bond donors (Lipinski definition) is 2. The Morgan fingerprint density at radius 3 is 2.79 bits per heavy atom. The van der Waals surface area contributed by atoms with Crippen molar-refractivity contribution in [1.82, 2.24) is 0 Å². The molecule has 0 aliphatic carbocycles. The highest BCUT2D eigenvalue weighted by Gasteiger charge is 2.23. The summed E-state index contributed by atoms with van der Waals surface area (Å²) in [6.07, 6.45) is 1.14. The van der Waals surface area contributed by atoms with Gasteiger partial charge in [0.1, 0.15) is 0 Å². The summed E-state index contributed by atoms with van der Waals surface area (Å²) in [5.74, 6) is -0.906. The molecular weight excluding hydrogens is 180 g/mol. The average molecular weight is 188 g/mol. The van der Waals surface area contributed by atoms with Crippen LogP contribution in [0.4, 0.5) is 5.69 Å². The maximum atomic E-state index is 11.4. The Morgan fingerprint density at radius 1 is 1.36 bits per heavy atom. The minimum atomic E-state index is -0.619. The molecule has 0 radical (unpaired) electrons. The van der Waals surface area contributed by atoms with Crippen LogP contribution in [0.15, 0.2) is 30.3 Å². The van der Waals surface area contributed by atoms with E-state index < -0.39 is 5.91 Å². The van der Waals surface area contributed by atoms with Crippen molar-refractivity contribution in [1.29, 1.82) is 0 Å². The predicted octanol–water partition coefficient (Wildman–Crippen LogP) is 0.507. The van der Waals surface area contributed by atoms with Crippen molar-refractivity contribution in [3.8, 4) is 0 Å². The second-order valence-corrected chi connectivity index (χ2v) is 2.96. The lowest BCUT2D eigenvalue weighted by atomic mass is 10.1. The lowest BCUT2D eigenvalue weighted by molar-refractivity contribution is -0.114. The number of hydrogen-bond acceptors (Lipinski definition) is 2. The zero-order valence-corrected chi connectivity index (χ0v) is 7.28. The summed E-state index contributed by atoms with van der Waals surface area (Å²) in [6.45, 7) is 0. The Labute approximate surface area is 80.4 Å². The normalized spacial score (nSPS) is 16.6. The summed E-state index contributed by atoms with van der Waals surface area (Å²) < 4.78 is 0. The zero-order valence-electron chi connectivity index (χ0n) is 7.28. The van der Waals surface area contributed by atoms with Crippen LogP contribution in [-0.2, 0) is 9.59 Å². The lowest BCUT2D eigenvalue weighted by Gasteiger charge is -1.94. The van der Waals surface area contributed by atoms with E-state index in [9.17, 15) is 9.59 Å². The van der Waals surface area contributed by atoms with Crippen LogP contribution in [0, 0.1) is 0 Å². The number of amides is 2. The molecule has 3 N–H and O–H groups in total. The summed E-state index contributed by atoms with van der Waals surface area (Å²) in [5, 5.41) is 2.64. The molecule has 0 spiro atoms. The lowest BCUT2D eigenvalue weighted by Crippen LogP contribution is -2.10. The van der Waals surface area contributed by atoms with E-state index in [2.05, 4.69) is 5.32 Å². The van der Waals surface area contributed by atoms with E-state index in [1.807, 2.05) is 6.07 Å². The molecule has 0 atom stereocenters. The molecule has 70 valence electrons. The van der Waals surface area contributed by atoms with Gasteiger partial charge in [0.05, 0.1) is 5.57 Å². The molecule has 0 saturated heterocycles. The van der Waals surface area contributed by atoms with Crippen LogP contribution in [-0.4, -0.2) is 11.8 Å². The first-order valence-electron chi connectivity index (χ1n) is 4.10. The van der Waals surface area contributed by atoms with Crippen molar-refractivity contribution in [3.05, 3.63) is 35.9 Å². The standard InChI is InChI=1S/C10H8N2O2/c11-9(13)5-7-6-3-1-2-4-8(6)12-10(7)14/h1-5H,(H2,11,13)(H,12,14)/b7-5+. The van der Waals surface area contributed by atoms with E-state index in [4.69, 9.17) is 5.73 Å². The second kappa shape index (κ2) is 2.99. The number of para-hydroxylation sites is 1. The van der Waals surface area contributed by atoms with Crippen LogP contribution in [0.1, 0.15) is 5.56 Å². The molecule has 4 nitrogen and oxygen atoms in total. The van der Waals surface area contributed by atoms with Gasteiger partial charge in [0, 0.05) is 17.3 Å². The fourth-order valence-electron chi connectivity index (χ4n) is 1.42. The van der Waals surface area contributed by atoms with Gasteiger partial charge in [-0.25, -0.2) is 0 Å². The van der Waals surface area contributed by atoms with Crippen molar-refractivity contribution in [2.24, 2.45) is 5.73 Å². The molecule has 1 aromatic carbocycles. The molecule has 0 fully saturated rings. The summed E-state index contributed by atoms with van der Waals surface area (Å²) in [7, 11) is 0. The van der Waals surface area contributed by atoms with Gasteiger partial charge in [0.2, 0.25) is 5.91 Å². The van der Waals surface area contributed by atoms with E-state index in [1.54, 1.807) is 18.2 Å². The third-order valence-electron chi connectivity index (χ3n) is 2.00. The zero-order chi connectivity index (χ0) is 10.1. The molecule has 1 heterocycles. The second-order valence-electron chi connectivity index (χ2n) is 2.96. The summed E-state index contributed by atoms with van der Waals surface area (Å²) in [4.78, 5) is 22.1. The predicted molar refractivity (Wildman–Crippen MR) is 52.2 cm³/mol. The van der Waals surface area contributed by atoms with Crippen LogP contribution >= 0.6 is 0 Å². The Kier molecular flexibility index (Phi) is 1.81.